The summed E-state index contributed by atoms with van der Waals surface area (Å²) >= 11 is 0. The molecule has 1 aromatic carbocycles. The predicted octanol–water partition coefficient (Wildman–Crippen LogP) is 7.68. The summed E-state index contributed by atoms with van der Waals surface area (Å²) in [4.78, 5) is 0. The van der Waals surface area contributed by atoms with Crippen molar-refractivity contribution in [3.63, 3.8) is 0 Å². The van der Waals surface area contributed by atoms with Crippen LogP contribution in [-0.2, 0) is 0 Å². The lowest BCUT2D eigenvalue weighted by Crippen LogP contribution is -2.26. The molecule has 0 heteroatoms. The summed E-state index contributed by atoms with van der Waals surface area (Å²) in [7, 11) is 0. The number of allylic oxidation sites excluding steroid dienone is 2. The Hall–Kier alpha value is -1.04. The molecule has 2 unspecified atom stereocenters. The van der Waals surface area contributed by atoms with Gasteiger partial charge in [-0.2, -0.15) is 0 Å². The van der Waals surface area contributed by atoms with Crippen LogP contribution in [0.5, 0.6) is 0 Å². The Morgan fingerprint density at radius 3 is 1.62 bits per heavy atom. The number of benzene rings is 1. The highest BCUT2D eigenvalue weighted by Gasteiger charge is 2.31. The SMILES string of the molecule is Cc1ccc(C2CCC(C3C=CC(C4CCC(C)CC4)CC3)CC2)cc1. The minimum absolute atomic E-state index is 0.816. The molecule has 26 heavy (non-hydrogen) atoms. The molecular formula is C26H38. The van der Waals surface area contributed by atoms with E-state index in [4.69, 9.17) is 0 Å². The minimum Gasteiger partial charge on any atom is -0.0849 e. The van der Waals surface area contributed by atoms with Crippen molar-refractivity contribution in [2.75, 3.05) is 0 Å². The fraction of sp³-hybridized carbons (Fsp3) is 0.692. The van der Waals surface area contributed by atoms with Gasteiger partial charge in [-0.05, 0) is 99.4 Å². The third kappa shape index (κ3) is 4.26. The van der Waals surface area contributed by atoms with Crippen LogP contribution in [0.4, 0.5) is 0 Å². The number of hydrogen-bond acceptors (Lipinski definition) is 0. The van der Waals surface area contributed by atoms with E-state index in [0.717, 1.165) is 35.5 Å². The molecule has 0 N–H and O–H groups in total. The highest BCUT2D eigenvalue weighted by atomic mass is 14.4. The number of hydrogen-bond donors (Lipinski definition) is 0. The molecule has 2 atom stereocenters. The Kier molecular flexibility index (Phi) is 5.87. The maximum Gasteiger partial charge on any atom is -0.0162 e. The monoisotopic (exact) mass is 350 g/mol. The second kappa shape index (κ2) is 8.32. The average Bonchev–Trinajstić information content (AvgIpc) is 2.70. The van der Waals surface area contributed by atoms with Gasteiger partial charge in [-0.3, -0.25) is 0 Å². The molecule has 142 valence electrons. The van der Waals surface area contributed by atoms with Gasteiger partial charge >= 0.3 is 0 Å². The molecule has 1 aromatic rings. The van der Waals surface area contributed by atoms with Crippen LogP contribution < -0.4 is 0 Å². The second-order valence-corrected chi connectivity index (χ2v) is 9.83. The van der Waals surface area contributed by atoms with Crippen molar-refractivity contribution in [3.8, 4) is 0 Å². The van der Waals surface area contributed by atoms with Gasteiger partial charge in [0.15, 0.2) is 0 Å². The van der Waals surface area contributed by atoms with Gasteiger partial charge in [-0.25, -0.2) is 0 Å². The van der Waals surface area contributed by atoms with Crippen molar-refractivity contribution in [2.24, 2.45) is 29.6 Å². The van der Waals surface area contributed by atoms with Crippen LogP contribution in [0.2, 0.25) is 0 Å². The fourth-order valence-corrected chi connectivity index (χ4v) is 6.08. The van der Waals surface area contributed by atoms with Gasteiger partial charge in [0.05, 0.1) is 0 Å². The average molecular weight is 351 g/mol. The third-order valence-corrected chi connectivity index (χ3v) is 8.03. The summed E-state index contributed by atoms with van der Waals surface area (Å²) in [5, 5.41) is 0. The Bertz CT molecular complexity index is 579. The standard InChI is InChI=1S/C26H38/c1-19-3-7-21(8-4-19)23-11-15-25(16-12-23)26-17-13-24(14-18-26)22-9-5-20(2)6-10-22/h3-4,7-8,13,17,20,22-26H,5-6,9-12,14-16,18H2,1-2H3. The first kappa shape index (κ1) is 18.3. The molecule has 0 nitrogen and oxygen atoms in total. The molecule has 0 amide bonds. The molecule has 3 aliphatic rings. The molecular weight excluding hydrogens is 312 g/mol. The smallest absolute Gasteiger partial charge is 0.0162 e. The van der Waals surface area contributed by atoms with E-state index in [-0.39, 0.29) is 0 Å². The summed E-state index contributed by atoms with van der Waals surface area (Å²) in [5.74, 6) is 5.54. The quantitative estimate of drug-likeness (QED) is 0.490. The Morgan fingerprint density at radius 2 is 1.12 bits per heavy atom. The minimum atomic E-state index is 0.816. The van der Waals surface area contributed by atoms with E-state index in [1.165, 1.54) is 69.8 Å². The van der Waals surface area contributed by atoms with Gasteiger partial charge in [-0.1, -0.05) is 61.7 Å². The van der Waals surface area contributed by atoms with E-state index in [2.05, 4.69) is 50.3 Å². The Labute approximate surface area is 161 Å². The van der Waals surface area contributed by atoms with E-state index >= 15 is 0 Å². The molecule has 0 saturated heterocycles. The van der Waals surface area contributed by atoms with Crippen molar-refractivity contribution in [1.82, 2.24) is 0 Å². The van der Waals surface area contributed by atoms with Gasteiger partial charge in [0.1, 0.15) is 0 Å². The van der Waals surface area contributed by atoms with Gasteiger partial charge in [0, 0.05) is 0 Å². The summed E-state index contributed by atoms with van der Waals surface area (Å²) in [6.07, 6.45) is 19.9. The predicted molar refractivity (Wildman–Crippen MR) is 112 cm³/mol. The lowest BCUT2D eigenvalue weighted by molar-refractivity contribution is 0.195. The van der Waals surface area contributed by atoms with Crippen molar-refractivity contribution in [3.05, 3.63) is 47.5 Å². The molecule has 0 heterocycles. The van der Waals surface area contributed by atoms with Crippen molar-refractivity contribution in [1.29, 1.82) is 0 Å². The van der Waals surface area contributed by atoms with Crippen LogP contribution in [0.1, 0.15) is 88.2 Å². The van der Waals surface area contributed by atoms with Crippen molar-refractivity contribution < 1.29 is 0 Å². The molecule has 0 spiro atoms. The van der Waals surface area contributed by atoms with Crippen LogP contribution in [0.15, 0.2) is 36.4 Å². The Balaban J connectivity index is 1.27. The van der Waals surface area contributed by atoms with E-state index in [9.17, 15) is 0 Å². The van der Waals surface area contributed by atoms with Crippen LogP contribution >= 0.6 is 0 Å². The van der Waals surface area contributed by atoms with Crippen molar-refractivity contribution in [2.45, 2.75) is 84.0 Å². The molecule has 0 aromatic heterocycles. The summed E-state index contributed by atoms with van der Waals surface area (Å²) in [6.45, 7) is 4.63. The molecule has 0 radical (unpaired) electrons. The summed E-state index contributed by atoms with van der Waals surface area (Å²) < 4.78 is 0. The molecule has 4 rings (SSSR count). The molecule has 0 bridgehead atoms. The van der Waals surface area contributed by atoms with E-state index in [0.29, 0.717) is 0 Å². The first-order valence-electron chi connectivity index (χ1n) is 11.4. The zero-order valence-electron chi connectivity index (χ0n) is 17.0. The third-order valence-electron chi connectivity index (χ3n) is 8.03. The van der Waals surface area contributed by atoms with Crippen LogP contribution in [0.25, 0.3) is 0 Å². The van der Waals surface area contributed by atoms with Crippen LogP contribution in [-0.4, -0.2) is 0 Å². The highest BCUT2D eigenvalue weighted by Crippen LogP contribution is 2.44. The van der Waals surface area contributed by atoms with Crippen LogP contribution in [0.3, 0.4) is 0 Å². The Morgan fingerprint density at radius 1 is 0.615 bits per heavy atom. The topological polar surface area (TPSA) is 0 Å². The molecule has 3 aliphatic carbocycles. The van der Waals surface area contributed by atoms with Gasteiger partial charge in [0.2, 0.25) is 0 Å². The van der Waals surface area contributed by atoms with Gasteiger partial charge in [-0.15, -0.1) is 0 Å². The molecule has 0 aliphatic heterocycles. The summed E-state index contributed by atoms with van der Waals surface area (Å²) in [5.41, 5.74) is 2.97. The highest BCUT2D eigenvalue weighted by molar-refractivity contribution is 5.25. The van der Waals surface area contributed by atoms with E-state index < -0.39 is 0 Å². The summed E-state index contributed by atoms with van der Waals surface area (Å²) in [6, 6.07) is 9.32. The fourth-order valence-electron chi connectivity index (χ4n) is 6.08. The molecule has 2 saturated carbocycles. The van der Waals surface area contributed by atoms with Gasteiger partial charge in [0.25, 0.3) is 0 Å². The lowest BCUT2D eigenvalue weighted by Gasteiger charge is -2.38. The van der Waals surface area contributed by atoms with E-state index in [1.54, 1.807) is 5.56 Å². The first-order chi connectivity index (χ1) is 12.7. The largest absolute Gasteiger partial charge is 0.0849 e. The lowest BCUT2D eigenvalue weighted by atomic mass is 9.68. The number of rotatable bonds is 3. The zero-order chi connectivity index (χ0) is 17.9. The van der Waals surface area contributed by atoms with Crippen molar-refractivity contribution >= 4 is 0 Å². The first-order valence-corrected chi connectivity index (χ1v) is 11.4. The van der Waals surface area contributed by atoms with Gasteiger partial charge < -0.3 is 0 Å². The maximum atomic E-state index is 2.66. The van der Waals surface area contributed by atoms with E-state index in [1.807, 2.05) is 0 Å². The molecule has 2 fully saturated rings. The maximum absolute atomic E-state index is 2.66. The second-order valence-electron chi connectivity index (χ2n) is 9.83. The normalized spacial score (nSPS) is 38.2. The number of aryl methyl sites for hydroxylation is 1. The zero-order valence-corrected chi connectivity index (χ0v) is 17.0. The van der Waals surface area contributed by atoms with Crippen LogP contribution in [0, 0.1) is 36.5 Å².